The molecule has 0 saturated carbocycles. The maximum absolute atomic E-state index is 13.3. The van der Waals surface area contributed by atoms with Gasteiger partial charge < -0.3 is 5.32 Å². The fourth-order valence-electron chi connectivity index (χ4n) is 1.82. The Kier molecular flexibility index (Phi) is 5.31. The van der Waals surface area contributed by atoms with E-state index >= 15 is 0 Å². The number of hydrogen-bond acceptors (Lipinski definition) is 2. The van der Waals surface area contributed by atoms with Crippen LogP contribution in [0.25, 0.3) is 0 Å². The summed E-state index contributed by atoms with van der Waals surface area (Å²) in [4.78, 5) is 1.92. The van der Waals surface area contributed by atoms with Gasteiger partial charge in [-0.1, -0.05) is 35.5 Å². The Morgan fingerprint density at radius 3 is 2.52 bits per heavy atom. The summed E-state index contributed by atoms with van der Waals surface area (Å²) in [6.07, 6.45) is 0. The smallest absolute Gasteiger partial charge is 0.124 e. The van der Waals surface area contributed by atoms with Crippen LogP contribution >= 0.6 is 23.4 Å². The van der Waals surface area contributed by atoms with Gasteiger partial charge in [0.05, 0.1) is 0 Å². The minimum Gasteiger partial charge on any atom is -0.308 e. The largest absolute Gasteiger partial charge is 0.308 e. The van der Waals surface area contributed by atoms with Crippen molar-refractivity contribution in [1.29, 1.82) is 0 Å². The summed E-state index contributed by atoms with van der Waals surface area (Å²) >= 11 is 7.86. The van der Waals surface area contributed by atoms with Crippen molar-refractivity contribution in [1.82, 2.24) is 5.32 Å². The second-order valence-corrected chi connectivity index (χ2v) is 7.40. The first kappa shape index (κ1) is 16.3. The van der Waals surface area contributed by atoms with Crippen LogP contribution < -0.4 is 5.32 Å². The minimum atomic E-state index is -0.226. The molecule has 0 atom stereocenters. The van der Waals surface area contributed by atoms with Crippen LogP contribution in [0.15, 0.2) is 52.3 Å². The van der Waals surface area contributed by atoms with Crippen molar-refractivity contribution in [3.8, 4) is 0 Å². The van der Waals surface area contributed by atoms with Crippen LogP contribution in [0, 0.1) is 5.82 Å². The molecule has 1 nitrogen and oxygen atoms in total. The maximum Gasteiger partial charge on any atom is 0.124 e. The molecule has 0 spiro atoms. The Hall–Kier alpha value is -1.03. The maximum atomic E-state index is 13.3. The van der Waals surface area contributed by atoms with Crippen LogP contribution in [-0.2, 0) is 6.54 Å². The molecule has 21 heavy (non-hydrogen) atoms. The molecule has 0 amide bonds. The molecule has 4 heteroatoms. The summed E-state index contributed by atoms with van der Waals surface area (Å²) < 4.78 is 13.3. The molecule has 0 radical (unpaired) electrons. The summed E-state index contributed by atoms with van der Waals surface area (Å²) in [6.45, 7) is 7.02. The van der Waals surface area contributed by atoms with E-state index in [1.54, 1.807) is 6.07 Å². The van der Waals surface area contributed by atoms with Crippen molar-refractivity contribution in [3.63, 3.8) is 0 Å². The van der Waals surface area contributed by atoms with E-state index in [-0.39, 0.29) is 11.4 Å². The first-order valence-electron chi connectivity index (χ1n) is 6.81. The van der Waals surface area contributed by atoms with Crippen LogP contribution in [0.4, 0.5) is 4.39 Å². The van der Waals surface area contributed by atoms with Crippen LogP contribution in [0.1, 0.15) is 26.3 Å². The molecule has 0 aromatic heterocycles. The number of benzene rings is 2. The van der Waals surface area contributed by atoms with Crippen LogP contribution in [0.3, 0.4) is 0 Å². The lowest BCUT2D eigenvalue weighted by molar-refractivity contribution is 0.422. The molecule has 0 heterocycles. The molecule has 2 aromatic carbocycles. The van der Waals surface area contributed by atoms with E-state index in [2.05, 4.69) is 26.1 Å². The Morgan fingerprint density at radius 1 is 1.14 bits per heavy atom. The zero-order chi connectivity index (χ0) is 15.5. The molecule has 2 rings (SSSR count). The summed E-state index contributed by atoms with van der Waals surface area (Å²) in [5, 5.41) is 4.17. The number of hydrogen-bond donors (Lipinski definition) is 1. The highest BCUT2D eigenvalue weighted by molar-refractivity contribution is 7.99. The first-order chi connectivity index (χ1) is 9.85. The Labute approximate surface area is 134 Å². The average molecular weight is 324 g/mol. The SMILES string of the molecule is CC(C)(C)NCc1c(Cl)cccc1Sc1cccc(F)c1. The van der Waals surface area contributed by atoms with Gasteiger partial charge in [-0.3, -0.25) is 0 Å². The number of nitrogens with one attached hydrogen (secondary N) is 1. The van der Waals surface area contributed by atoms with Crippen molar-refractivity contribution in [3.05, 3.63) is 58.9 Å². The molecule has 112 valence electrons. The Morgan fingerprint density at radius 2 is 1.86 bits per heavy atom. The zero-order valence-electron chi connectivity index (χ0n) is 12.4. The highest BCUT2D eigenvalue weighted by Gasteiger charge is 2.13. The molecule has 2 aromatic rings. The highest BCUT2D eigenvalue weighted by atomic mass is 35.5. The van der Waals surface area contributed by atoms with Crippen LogP contribution in [0.5, 0.6) is 0 Å². The van der Waals surface area contributed by atoms with Gasteiger partial charge in [0, 0.05) is 26.9 Å². The summed E-state index contributed by atoms with van der Waals surface area (Å²) in [6, 6.07) is 12.4. The fraction of sp³-hybridized carbons (Fsp3) is 0.294. The molecule has 0 fully saturated rings. The Balaban J connectivity index is 2.25. The van der Waals surface area contributed by atoms with Gasteiger partial charge in [-0.05, 0) is 56.7 Å². The normalized spacial score (nSPS) is 11.7. The van der Waals surface area contributed by atoms with E-state index in [0.29, 0.717) is 6.54 Å². The van der Waals surface area contributed by atoms with Gasteiger partial charge in [0.2, 0.25) is 0 Å². The monoisotopic (exact) mass is 323 g/mol. The molecular formula is C17H19ClFNS. The average Bonchev–Trinajstić information content (AvgIpc) is 2.37. The lowest BCUT2D eigenvalue weighted by Gasteiger charge is -2.22. The van der Waals surface area contributed by atoms with Crippen molar-refractivity contribution >= 4 is 23.4 Å². The third kappa shape index (κ3) is 5.03. The lowest BCUT2D eigenvalue weighted by Crippen LogP contribution is -2.35. The lowest BCUT2D eigenvalue weighted by atomic mass is 10.1. The third-order valence-corrected chi connectivity index (χ3v) is 4.34. The van der Waals surface area contributed by atoms with Gasteiger partial charge in [-0.2, -0.15) is 0 Å². The van der Waals surface area contributed by atoms with Gasteiger partial charge >= 0.3 is 0 Å². The van der Waals surface area contributed by atoms with Crippen molar-refractivity contribution in [2.75, 3.05) is 0 Å². The van der Waals surface area contributed by atoms with E-state index in [1.165, 1.54) is 23.9 Å². The molecule has 0 bridgehead atoms. The second kappa shape index (κ2) is 6.82. The van der Waals surface area contributed by atoms with Gasteiger partial charge in [0.1, 0.15) is 5.82 Å². The number of halogens is 2. The second-order valence-electron chi connectivity index (χ2n) is 5.88. The van der Waals surface area contributed by atoms with E-state index in [9.17, 15) is 4.39 Å². The fourth-order valence-corrected chi connectivity index (χ4v) is 3.14. The first-order valence-corrected chi connectivity index (χ1v) is 8.00. The topological polar surface area (TPSA) is 12.0 Å². The quantitative estimate of drug-likeness (QED) is 0.795. The molecule has 0 unspecified atom stereocenters. The van der Waals surface area contributed by atoms with Crippen LogP contribution in [-0.4, -0.2) is 5.54 Å². The predicted octanol–water partition coefficient (Wildman–Crippen LogP) is 5.52. The van der Waals surface area contributed by atoms with Crippen molar-refractivity contribution in [2.45, 2.75) is 42.6 Å². The van der Waals surface area contributed by atoms with Gasteiger partial charge in [0.25, 0.3) is 0 Å². The summed E-state index contributed by atoms with van der Waals surface area (Å²) in [5.74, 6) is -0.226. The van der Waals surface area contributed by atoms with Crippen molar-refractivity contribution in [2.24, 2.45) is 0 Å². The molecule has 0 saturated heterocycles. The highest BCUT2D eigenvalue weighted by Crippen LogP contribution is 2.34. The zero-order valence-corrected chi connectivity index (χ0v) is 14.0. The molecule has 1 N–H and O–H groups in total. The minimum absolute atomic E-state index is 0.0139. The standard InChI is InChI=1S/C17H19ClFNS/c1-17(2,3)20-11-14-15(18)8-5-9-16(14)21-13-7-4-6-12(19)10-13/h4-10,20H,11H2,1-3H3. The van der Waals surface area contributed by atoms with E-state index in [4.69, 9.17) is 11.6 Å². The van der Waals surface area contributed by atoms with E-state index in [1.807, 2.05) is 24.3 Å². The molecule has 0 aliphatic carbocycles. The van der Waals surface area contributed by atoms with E-state index < -0.39 is 0 Å². The van der Waals surface area contributed by atoms with Gasteiger partial charge in [0.15, 0.2) is 0 Å². The summed E-state index contributed by atoms with van der Waals surface area (Å²) in [7, 11) is 0. The molecule has 0 aliphatic rings. The molecular weight excluding hydrogens is 305 g/mol. The van der Waals surface area contributed by atoms with Crippen LogP contribution in [0.2, 0.25) is 5.02 Å². The Bertz CT molecular complexity index is 622. The van der Waals surface area contributed by atoms with Crippen molar-refractivity contribution < 1.29 is 4.39 Å². The third-order valence-electron chi connectivity index (χ3n) is 2.90. The van der Waals surface area contributed by atoms with Gasteiger partial charge in [-0.15, -0.1) is 0 Å². The van der Waals surface area contributed by atoms with Gasteiger partial charge in [-0.25, -0.2) is 4.39 Å². The van der Waals surface area contributed by atoms with E-state index in [0.717, 1.165) is 20.4 Å². The predicted molar refractivity (Wildman–Crippen MR) is 88.6 cm³/mol. The number of rotatable bonds is 4. The summed E-state index contributed by atoms with van der Waals surface area (Å²) in [5.41, 5.74) is 1.06. The molecule has 0 aliphatic heterocycles.